The molecule has 1 N–H and O–H groups in total. The molecular formula is C15H18N2OS. The molecule has 4 heteroatoms. The minimum absolute atomic E-state index is 0.0928. The van der Waals surface area contributed by atoms with Gasteiger partial charge in [0, 0.05) is 12.6 Å². The van der Waals surface area contributed by atoms with E-state index >= 15 is 0 Å². The van der Waals surface area contributed by atoms with E-state index in [1.54, 1.807) is 6.92 Å². The van der Waals surface area contributed by atoms with Crippen LogP contribution < -0.4 is 5.32 Å². The number of nitrogens with one attached hydrogen (secondary N) is 1. The van der Waals surface area contributed by atoms with Gasteiger partial charge in [0.2, 0.25) is 0 Å². The van der Waals surface area contributed by atoms with E-state index in [2.05, 4.69) is 29.4 Å². The minimum Gasteiger partial charge on any atom is -0.378 e. The molecule has 0 saturated carbocycles. The van der Waals surface area contributed by atoms with Crippen molar-refractivity contribution in [3.63, 3.8) is 0 Å². The third-order valence-electron chi connectivity index (χ3n) is 2.99. The summed E-state index contributed by atoms with van der Waals surface area (Å²) in [4.78, 5) is 16.6. The van der Waals surface area contributed by atoms with Crippen molar-refractivity contribution < 1.29 is 4.79 Å². The Morgan fingerprint density at radius 2 is 2.11 bits per heavy atom. The number of aromatic nitrogens is 1. The molecule has 0 aliphatic rings. The molecule has 3 nitrogen and oxygen atoms in total. The summed E-state index contributed by atoms with van der Waals surface area (Å²) < 4.78 is 0. The number of Topliss-reactive ketones (excluding diaryl/α,β-unsaturated/α-hetero) is 1. The lowest BCUT2D eigenvalue weighted by molar-refractivity contribution is 0.102. The zero-order valence-electron chi connectivity index (χ0n) is 11.5. The fourth-order valence-electron chi connectivity index (χ4n) is 2.03. The van der Waals surface area contributed by atoms with Crippen molar-refractivity contribution in [3.8, 4) is 0 Å². The van der Waals surface area contributed by atoms with E-state index in [0.29, 0.717) is 6.54 Å². The predicted molar refractivity (Wildman–Crippen MR) is 80.0 cm³/mol. The molecule has 0 unspecified atom stereocenters. The summed E-state index contributed by atoms with van der Waals surface area (Å²) in [6, 6.07) is 8.27. The summed E-state index contributed by atoms with van der Waals surface area (Å²) in [6.07, 6.45) is 0.999. The molecule has 0 amide bonds. The van der Waals surface area contributed by atoms with Crippen LogP contribution in [0.2, 0.25) is 0 Å². The Hall–Kier alpha value is -1.68. The van der Waals surface area contributed by atoms with Crippen LogP contribution in [0, 0.1) is 6.92 Å². The normalized spacial score (nSPS) is 10.5. The second kappa shape index (κ2) is 5.97. The van der Waals surface area contributed by atoms with Crippen molar-refractivity contribution in [1.29, 1.82) is 0 Å². The third kappa shape index (κ3) is 3.20. The van der Waals surface area contributed by atoms with Gasteiger partial charge in [-0.1, -0.05) is 25.1 Å². The Morgan fingerprint density at radius 1 is 1.37 bits per heavy atom. The maximum atomic E-state index is 11.4. The average Bonchev–Trinajstić information content (AvgIpc) is 2.78. The highest BCUT2D eigenvalue weighted by molar-refractivity contribution is 7.13. The quantitative estimate of drug-likeness (QED) is 0.843. The molecule has 0 spiro atoms. The number of hydrogen-bond acceptors (Lipinski definition) is 4. The van der Waals surface area contributed by atoms with Crippen LogP contribution in [0.4, 0.5) is 5.69 Å². The van der Waals surface area contributed by atoms with Crippen molar-refractivity contribution in [2.24, 2.45) is 0 Å². The highest BCUT2D eigenvalue weighted by Crippen LogP contribution is 2.21. The van der Waals surface area contributed by atoms with Crippen LogP contribution in [0.5, 0.6) is 0 Å². The van der Waals surface area contributed by atoms with E-state index in [-0.39, 0.29) is 5.78 Å². The molecule has 0 fully saturated rings. The van der Waals surface area contributed by atoms with Gasteiger partial charge < -0.3 is 5.32 Å². The SMILES string of the molecule is CCc1ccccc1NCc1nc(C)c(C(C)=O)s1. The molecule has 2 rings (SSSR count). The molecular weight excluding hydrogens is 256 g/mol. The van der Waals surface area contributed by atoms with Crippen molar-refractivity contribution in [1.82, 2.24) is 4.98 Å². The van der Waals surface area contributed by atoms with Crippen LogP contribution in [0.3, 0.4) is 0 Å². The van der Waals surface area contributed by atoms with E-state index in [9.17, 15) is 4.79 Å². The van der Waals surface area contributed by atoms with Crippen molar-refractivity contribution in [2.45, 2.75) is 33.7 Å². The lowest BCUT2D eigenvalue weighted by atomic mass is 10.1. The zero-order chi connectivity index (χ0) is 13.8. The molecule has 1 aromatic heterocycles. The molecule has 0 aliphatic carbocycles. The van der Waals surface area contributed by atoms with Crippen molar-refractivity contribution >= 4 is 22.8 Å². The van der Waals surface area contributed by atoms with E-state index in [1.807, 2.05) is 19.1 Å². The standard InChI is InChI=1S/C15H18N2OS/c1-4-12-7-5-6-8-13(12)16-9-14-17-10(2)15(19-14)11(3)18/h5-8,16H,4,9H2,1-3H3. The maximum Gasteiger partial charge on any atom is 0.171 e. The van der Waals surface area contributed by atoms with Crippen LogP contribution in [0.25, 0.3) is 0 Å². The first-order chi connectivity index (χ1) is 9.11. The number of hydrogen-bond donors (Lipinski definition) is 1. The molecule has 0 atom stereocenters. The molecule has 1 heterocycles. The summed E-state index contributed by atoms with van der Waals surface area (Å²) in [5.41, 5.74) is 3.27. The van der Waals surface area contributed by atoms with Gasteiger partial charge in [0.1, 0.15) is 5.01 Å². The number of rotatable bonds is 5. The first-order valence-electron chi connectivity index (χ1n) is 6.40. The van der Waals surface area contributed by atoms with Gasteiger partial charge in [-0.15, -0.1) is 11.3 Å². The second-order valence-corrected chi connectivity index (χ2v) is 5.53. The summed E-state index contributed by atoms with van der Waals surface area (Å²) in [5, 5.41) is 4.35. The lowest BCUT2D eigenvalue weighted by Crippen LogP contribution is -2.01. The predicted octanol–water partition coefficient (Wildman–Crippen LogP) is 3.83. The van der Waals surface area contributed by atoms with Crippen LogP contribution in [0.15, 0.2) is 24.3 Å². The zero-order valence-corrected chi connectivity index (χ0v) is 12.3. The number of anilines is 1. The minimum atomic E-state index is 0.0928. The number of ketones is 1. The van der Waals surface area contributed by atoms with Crippen LogP contribution in [0.1, 0.15) is 39.8 Å². The molecule has 0 saturated heterocycles. The van der Waals surface area contributed by atoms with Gasteiger partial charge in [0.15, 0.2) is 5.78 Å². The average molecular weight is 274 g/mol. The summed E-state index contributed by atoms with van der Waals surface area (Å²) in [6.45, 7) is 6.28. The molecule has 0 aliphatic heterocycles. The monoisotopic (exact) mass is 274 g/mol. The number of aryl methyl sites for hydroxylation is 2. The third-order valence-corrected chi connectivity index (χ3v) is 4.25. The molecule has 0 radical (unpaired) electrons. The topological polar surface area (TPSA) is 42.0 Å². The molecule has 0 bridgehead atoms. The van der Waals surface area contributed by atoms with E-state index in [1.165, 1.54) is 16.9 Å². The fraction of sp³-hybridized carbons (Fsp3) is 0.333. The summed E-state index contributed by atoms with van der Waals surface area (Å²) >= 11 is 1.48. The first-order valence-corrected chi connectivity index (χ1v) is 7.22. The van der Waals surface area contributed by atoms with Gasteiger partial charge in [0.05, 0.1) is 17.1 Å². The smallest absolute Gasteiger partial charge is 0.171 e. The van der Waals surface area contributed by atoms with Crippen LogP contribution in [-0.4, -0.2) is 10.8 Å². The Bertz CT molecular complexity index is 590. The number of carbonyl (C=O) groups excluding carboxylic acids is 1. The summed E-state index contributed by atoms with van der Waals surface area (Å²) in [5.74, 6) is 0.0928. The van der Waals surface area contributed by atoms with Crippen molar-refractivity contribution in [2.75, 3.05) is 5.32 Å². The van der Waals surface area contributed by atoms with Crippen LogP contribution in [-0.2, 0) is 13.0 Å². The van der Waals surface area contributed by atoms with Crippen molar-refractivity contribution in [3.05, 3.63) is 45.4 Å². The molecule has 100 valence electrons. The van der Waals surface area contributed by atoms with Gasteiger partial charge in [-0.05, 0) is 25.0 Å². The molecule has 19 heavy (non-hydrogen) atoms. The van der Waals surface area contributed by atoms with Crippen LogP contribution >= 0.6 is 11.3 Å². The Labute approximate surface area is 117 Å². The van der Waals surface area contributed by atoms with Gasteiger partial charge in [0.25, 0.3) is 0 Å². The number of para-hydroxylation sites is 1. The Morgan fingerprint density at radius 3 is 2.74 bits per heavy atom. The van der Waals surface area contributed by atoms with Gasteiger partial charge in [-0.25, -0.2) is 4.98 Å². The van der Waals surface area contributed by atoms with Gasteiger partial charge in [-0.3, -0.25) is 4.79 Å². The fourth-order valence-corrected chi connectivity index (χ4v) is 2.93. The number of carbonyl (C=O) groups is 1. The highest BCUT2D eigenvalue weighted by Gasteiger charge is 2.11. The Balaban J connectivity index is 2.10. The maximum absolute atomic E-state index is 11.4. The van der Waals surface area contributed by atoms with E-state index in [0.717, 1.165) is 27.7 Å². The largest absolute Gasteiger partial charge is 0.378 e. The molecule has 1 aromatic carbocycles. The van der Waals surface area contributed by atoms with Gasteiger partial charge >= 0.3 is 0 Å². The lowest BCUT2D eigenvalue weighted by Gasteiger charge is -2.09. The highest BCUT2D eigenvalue weighted by atomic mass is 32.1. The van der Waals surface area contributed by atoms with E-state index < -0.39 is 0 Å². The number of nitrogens with zero attached hydrogens (tertiary/aromatic N) is 1. The first kappa shape index (κ1) is 13.7. The second-order valence-electron chi connectivity index (χ2n) is 4.44. The van der Waals surface area contributed by atoms with E-state index in [4.69, 9.17) is 0 Å². The summed E-state index contributed by atoms with van der Waals surface area (Å²) in [7, 11) is 0. The number of thiazole rings is 1. The van der Waals surface area contributed by atoms with Gasteiger partial charge in [-0.2, -0.15) is 0 Å². The number of benzene rings is 1. The Kier molecular flexibility index (Phi) is 4.32. The molecule has 2 aromatic rings.